The number of carboxylic acid groups (broad SMARTS) is 1. The molecule has 1 N–H and O–H groups in total. The number of hydrogen-bond donors (Lipinski definition) is 1. The van der Waals surface area contributed by atoms with E-state index in [9.17, 15) is 4.79 Å². The maximum Gasteiger partial charge on any atom is 0.398 e. The largest absolute Gasteiger partial charge is 0.465 e. The Morgan fingerprint density at radius 1 is 1.44 bits per heavy atom. The Morgan fingerprint density at radius 3 is 1.78 bits per heavy atom. The van der Waals surface area contributed by atoms with Gasteiger partial charge in [0.2, 0.25) is 0 Å². The summed E-state index contributed by atoms with van der Waals surface area (Å²) in [6, 6.07) is 0. The second-order valence-electron chi connectivity index (χ2n) is 3.01. The van der Waals surface area contributed by atoms with Crippen molar-refractivity contribution in [1.82, 2.24) is 4.57 Å². The average Bonchev–Trinajstić information content (AvgIpc) is 1.62. The fraction of sp³-hybridized carbons (Fsp3) is 0.800. The van der Waals surface area contributed by atoms with Crippen LogP contribution in [0.2, 0.25) is 19.6 Å². The summed E-state index contributed by atoms with van der Waals surface area (Å²) in [5, 5.41) is 8.48. The van der Waals surface area contributed by atoms with E-state index in [4.69, 9.17) is 5.11 Å². The smallest absolute Gasteiger partial charge is 0.398 e. The lowest BCUT2D eigenvalue weighted by Gasteiger charge is -2.26. The van der Waals surface area contributed by atoms with Crippen molar-refractivity contribution in [3.8, 4) is 0 Å². The first-order chi connectivity index (χ1) is 3.85. The standard InChI is InChI=1S/C5H13NO2Si/c1-6(5(7)8)9(2,3)4/h1-4H3,(H,7,8). The van der Waals surface area contributed by atoms with Crippen molar-refractivity contribution in [2.75, 3.05) is 7.05 Å². The summed E-state index contributed by atoms with van der Waals surface area (Å²) in [4.78, 5) is 10.3. The van der Waals surface area contributed by atoms with Gasteiger partial charge >= 0.3 is 6.09 Å². The summed E-state index contributed by atoms with van der Waals surface area (Å²) in [5.74, 6) is 0. The molecule has 0 aromatic carbocycles. The van der Waals surface area contributed by atoms with E-state index in [-0.39, 0.29) is 0 Å². The van der Waals surface area contributed by atoms with Gasteiger partial charge in [0, 0.05) is 7.05 Å². The molecule has 4 heteroatoms. The minimum absolute atomic E-state index is 0.825. The summed E-state index contributed by atoms with van der Waals surface area (Å²) >= 11 is 0. The van der Waals surface area contributed by atoms with E-state index in [1.54, 1.807) is 7.05 Å². The van der Waals surface area contributed by atoms with Gasteiger partial charge in [0.25, 0.3) is 0 Å². The van der Waals surface area contributed by atoms with Crippen LogP contribution in [-0.4, -0.2) is 31.0 Å². The third kappa shape index (κ3) is 2.50. The number of amides is 1. The maximum absolute atomic E-state index is 10.3. The lowest BCUT2D eigenvalue weighted by molar-refractivity contribution is 0.176. The fourth-order valence-corrected chi connectivity index (χ4v) is 0.861. The zero-order valence-electron chi connectivity index (χ0n) is 6.30. The van der Waals surface area contributed by atoms with Crippen molar-refractivity contribution in [1.29, 1.82) is 0 Å². The van der Waals surface area contributed by atoms with Crippen molar-refractivity contribution < 1.29 is 9.90 Å². The molecule has 0 aromatic rings. The van der Waals surface area contributed by atoms with Gasteiger partial charge in [-0.1, -0.05) is 19.6 Å². The van der Waals surface area contributed by atoms with E-state index in [1.807, 2.05) is 19.6 Å². The van der Waals surface area contributed by atoms with Crippen LogP contribution in [0.3, 0.4) is 0 Å². The first kappa shape index (κ1) is 8.49. The van der Waals surface area contributed by atoms with E-state index >= 15 is 0 Å². The minimum Gasteiger partial charge on any atom is -0.465 e. The topological polar surface area (TPSA) is 40.5 Å². The molecule has 0 fully saturated rings. The highest BCUT2D eigenvalue weighted by atomic mass is 28.3. The Hall–Kier alpha value is -0.513. The summed E-state index contributed by atoms with van der Waals surface area (Å²) in [5.41, 5.74) is 0. The first-order valence-electron chi connectivity index (χ1n) is 2.82. The lowest BCUT2D eigenvalue weighted by atomic mass is 11.1. The summed E-state index contributed by atoms with van der Waals surface area (Å²) in [6.07, 6.45) is -0.825. The SMILES string of the molecule is CN(C(=O)O)[Si](C)(C)C. The number of carbonyl (C=O) groups is 1. The van der Waals surface area contributed by atoms with Crippen LogP contribution < -0.4 is 0 Å². The molecule has 0 saturated carbocycles. The summed E-state index contributed by atoms with van der Waals surface area (Å²) < 4.78 is 1.41. The van der Waals surface area contributed by atoms with Crippen LogP contribution in [0.4, 0.5) is 4.79 Å². The Kier molecular flexibility index (Phi) is 2.25. The van der Waals surface area contributed by atoms with Gasteiger partial charge in [-0.05, 0) is 0 Å². The second-order valence-corrected chi connectivity index (χ2v) is 8.02. The van der Waals surface area contributed by atoms with Crippen LogP contribution in [-0.2, 0) is 0 Å². The molecule has 0 radical (unpaired) electrons. The van der Waals surface area contributed by atoms with Gasteiger partial charge in [-0.2, -0.15) is 0 Å². The Morgan fingerprint density at radius 2 is 1.78 bits per heavy atom. The lowest BCUT2D eigenvalue weighted by Crippen LogP contribution is -2.46. The second kappa shape index (κ2) is 2.39. The van der Waals surface area contributed by atoms with Gasteiger partial charge < -0.3 is 9.67 Å². The van der Waals surface area contributed by atoms with Crippen LogP contribution in [0, 0.1) is 0 Å². The van der Waals surface area contributed by atoms with Crippen LogP contribution >= 0.6 is 0 Å². The van der Waals surface area contributed by atoms with E-state index in [0.717, 1.165) is 0 Å². The van der Waals surface area contributed by atoms with Crippen molar-refractivity contribution in [3.05, 3.63) is 0 Å². The number of nitrogens with zero attached hydrogens (tertiary/aromatic N) is 1. The molecule has 0 rings (SSSR count). The van der Waals surface area contributed by atoms with Crippen LogP contribution in [0.5, 0.6) is 0 Å². The van der Waals surface area contributed by atoms with Gasteiger partial charge in [-0.3, -0.25) is 0 Å². The molecule has 0 aliphatic carbocycles. The fourth-order valence-electron chi connectivity index (χ4n) is 0.287. The average molecular weight is 147 g/mol. The van der Waals surface area contributed by atoms with Crippen molar-refractivity contribution in [2.45, 2.75) is 19.6 Å². The third-order valence-electron chi connectivity index (χ3n) is 1.29. The minimum atomic E-state index is -1.59. The molecule has 0 bridgehead atoms. The molecule has 0 heterocycles. The molecule has 0 aliphatic rings. The molecule has 0 aliphatic heterocycles. The number of hydrogen-bond acceptors (Lipinski definition) is 1. The zero-order valence-corrected chi connectivity index (χ0v) is 7.30. The monoisotopic (exact) mass is 147 g/mol. The van der Waals surface area contributed by atoms with E-state index in [0.29, 0.717) is 0 Å². The molecule has 0 aromatic heterocycles. The molecular formula is C5H13NO2Si. The van der Waals surface area contributed by atoms with Gasteiger partial charge in [-0.15, -0.1) is 0 Å². The zero-order chi connectivity index (χ0) is 7.65. The molecule has 0 saturated heterocycles. The molecule has 0 spiro atoms. The van der Waals surface area contributed by atoms with Crippen molar-refractivity contribution in [3.63, 3.8) is 0 Å². The summed E-state index contributed by atoms with van der Waals surface area (Å²) in [6.45, 7) is 5.96. The molecule has 0 unspecified atom stereocenters. The van der Waals surface area contributed by atoms with Crippen molar-refractivity contribution >= 4 is 14.3 Å². The molecule has 3 nitrogen and oxygen atoms in total. The van der Waals surface area contributed by atoms with E-state index in [2.05, 4.69) is 0 Å². The normalized spacial score (nSPS) is 11.1. The first-order valence-corrected chi connectivity index (χ1v) is 6.27. The van der Waals surface area contributed by atoms with Gasteiger partial charge in [-0.25, -0.2) is 4.79 Å². The molecule has 1 amide bonds. The predicted molar refractivity (Wildman–Crippen MR) is 39.1 cm³/mol. The Labute approximate surface area is 56.4 Å². The van der Waals surface area contributed by atoms with Crippen molar-refractivity contribution in [2.24, 2.45) is 0 Å². The maximum atomic E-state index is 10.3. The molecule has 0 atom stereocenters. The highest BCUT2D eigenvalue weighted by Crippen LogP contribution is 2.05. The Bertz CT molecular complexity index is 119. The summed E-state index contributed by atoms with van der Waals surface area (Å²) in [7, 11) is 0.0297. The third-order valence-corrected chi connectivity index (χ3v) is 3.50. The van der Waals surface area contributed by atoms with Gasteiger partial charge in [0.05, 0.1) is 0 Å². The van der Waals surface area contributed by atoms with Crippen LogP contribution in [0.1, 0.15) is 0 Å². The molecule has 9 heavy (non-hydrogen) atoms. The quantitative estimate of drug-likeness (QED) is 0.570. The molecular weight excluding hydrogens is 134 g/mol. The van der Waals surface area contributed by atoms with E-state index < -0.39 is 14.3 Å². The highest BCUT2D eigenvalue weighted by Gasteiger charge is 2.23. The van der Waals surface area contributed by atoms with Crippen LogP contribution in [0.15, 0.2) is 0 Å². The molecule has 54 valence electrons. The Balaban J connectivity index is 4.04. The van der Waals surface area contributed by atoms with Crippen LogP contribution in [0.25, 0.3) is 0 Å². The number of rotatable bonds is 1. The predicted octanol–water partition coefficient (Wildman–Crippen LogP) is 1.43. The van der Waals surface area contributed by atoms with Gasteiger partial charge in [0.1, 0.15) is 0 Å². The highest BCUT2D eigenvalue weighted by molar-refractivity contribution is 6.75. The van der Waals surface area contributed by atoms with E-state index in [1.165, 1.54) is 4.57 Å². The van der Waals surface area contributed by atoms with Gasteiger partial charge in [0.15, 0.2) is 8.24 Å².